The molecule has 0 aliphatic heterocycles. The van der Waals surface area contributed by atoms with Gasteiger partial charge in [0.15, 0.2) is 0 Å². The van der Waals surface area contributed by atoms with Crippen molar-refractivity contribution in [3.05, 3.63) is 59.7 Å². The minimum atomic E-state index is -0.826. The van der Waals surface area contributed by atoms with E-state index in [4.69, 9.17) is 17.0 Å². The van der Waals surface area contributed by atoms with E-state index in [-0.39, 0.29) is 7.92 Å². The molecule has 0 radical (unpaired) electrons. The summed E-state index contributed by atoms with van der Waals surface area (Å²) in [5.74, 6) is 1.60. The molecule has 0 spiro atoms. The van der Waals surface area contributed by atoms with Gasteiger partial charge in [-0.05, 0) is 24.2 Å². The third-order valence-electron chi connectivity index (χ3n) is 5.12. The third kappa shape index (κ3) is 11.8. The fourth-order valence-electron chi connectivity index (χ4n) is 3.71. The van der Waals surface area contributed by atoms with Gasteiger partial charge in [-0.1, -0.05) is 67.9 Å². The Balaban J connectivity index is 0.000000311. The molecule has 1 aliphatic carbocycles. The number of fused-ring (bicyclic) bond motifs is 1. The van der Waals surface area contributed by atoms with Crippen molar-refractivity contribution in [2.75, 3.05) is 12.3 Å². The van der Waals surface area contributed by atoms with Crippen LogP contribution in [0.2, 0.25) is 0 Å². The molecule has 0 unspecified atom stereocenters. The van der Waals surface area contributed by atoms with Gasteiger partial charge < -0.3 is 0 Å². The van der Waals surface area contributed by atoms with Crippen molar-refractivity contribution in [1.82, 2.24) is 0 Å². The Morgan fingerprint density at radius 2 is 1.71 bits per heavy atom. The van der Waals surface area contributed by atoms with E-state index in [1.165, 1.54) is 53.5 Å². The molecule has 0 bridgehead atoms. The van der Waals surface area contributed by atoms with Gasteiger partial charge in [-0.15, -0.1) is 53.7 Å². The van der Waals surface area contributed by atoms with E-state index in [1.807, 2.05) is 0 Å². The first-order chi connectivity index (χ1) is 14.8. The molecule has 4 heteroatoms. The van der Waals surface area contributed by atoms with Crippen LogP contribution in [0, 0.1) is 17.9 Å². The van der Waals surface area contributed by atoms with Crippen molar-refractivity contribution in [3.63, 3.8) is 0 Å². The van der Waals surface area contributed by atoms with Gasteiger partial charge in [0.2, 0.25) is 0 Å². The zero-order chi connectivity index (χ0) is 23.2. The summed E-state index contributed by atoms with van der Waals surface area (Å²) in [6, 6.07) is 13.6. The molecule has 2 aromatic rings. The molecule has 0 fully saturated rings. The molecule has 31 heavy (non-hydrogen) atoms. The molecule has 3 rings (SSSR count). The fourth-order valence-corrected chi connectivity index (χ4v) is 6.69. The van der Waals surface area contributed by atoms with E-state index in [9.17, 15) is 0 Å². The van der Waals surface area contributed by atoms with Crippen LogP contribution in [-0.2, 0) is 20.8 Å². The van der Waals surface area contributed by atoms with E-state index < -0.39 is 20.8 Å². The van der Waals surface area contributed by atoms with Gasteiger partial charge in [0.05, 0.1) is 0 Å². The average molecular weight is 557 g/mol. The molecule has 0 aromatic heterocycles. The summed E-state index contributed by atoms with van der Waals surface area (Å²) < 4.78 is 0. The summed E-state index contributed by atoms with van der Waals surface area (Å²) in [4.78, 5) is 0. The summed E-state index contributed by atoms with van der Waals surface area (Å²) in [5, 5.41) is 4.42. The van der Waals surface area contributed by atoms with Crippen molar-refractivity contribution in [3.8, 4) is 0 Å². The van der Waals surface area contributed by atoms with Gasteiger partial charge in [0.25, 0.3) is 0 Å². The van der Waals surface area contributed by atoms with Crippen molar-refractivity contribution < 1.29 is 20.8 Å². The number of halogens is 2. The van der Waals surface area contributed by atoms with E-state index in [1.54, 1.807) is 5.30 Å². The Hall–Kier alpha value is 0.203. The molecule has 0 heterocycles. The Morgan fingerprint density at radius 1 is 1.10 bits per heavy atom. The van der Waals surface area contributed by atoms with E-state index in [2.05, 4.69) is 90.1 Å². The van der Waals surface area contributed by atoms with Crippen LogP contribution in [0.1, 0.15) is 67.2 Å². The second-order valence-electron chi connectivity index (χ2n) is 8.96. The molecule has 0 N–H and O–H groups in total. The molecule has 0 saturated carbocycles. The number of hydrogen-bond donors (Lipinski definition) is 0. The molecule has 1 aliphatic rings. The predicted octanol–water partition coefficient (Wildman–Crippen LogP) is 9.61. The van der Waals surface area contributed by atoms with Gasteiger partial charge in [-0.25, -0.2) is 11.1 Å². The summed E-state index contributed by atoms with van der Waals surface area (Å²) in [6.07, 6.45) is 13.2. The standard InChI is InChI=1S/C17H24P.C10H15.2ClH.Zr/c1-13(2)11-18(12-14(3)4)17-9-15-7-5-6-8-16(15)10-17;1-3-4-7-10-8-5-6-9(10)2;;;/h5-10,13-14H,11-12H2,1-4H3;6H,3-5,7H2,1-2H3;2*1H;/q2*-1;;;+4/p-2. The van der Waals surface area contributed by atoms with E-state index in [0.29, 0.717) is 0 Å². The minimum absolute atomic E-state index is 0.0185. The Kier molecular flexibility index (Phi) is 15.8. The number of unbranched alkanes of at least 4 members (excludes halogenated alkanes) is 1. The van der Waals surface area contributed by atoms with Gasteiger partial charge in [-0.3, -0.25) is 6.08 Å². The normalized spacial score (nSPS) is 12.9. The van der Waals surface area contributed by atoms with E-state index in [0.717, 1.165) is 18.3 Å². The second kappa shape index (κ2) is 16.8. The number of allylic oxidation sites excluding steroid dienone is 4. The van der Waals surface area contributed by atoms with Crippen LogP contribution in [-0.4, -0.2) is 12.3 Å². The molecule has 0 saturated heterocycles. The first-order valence-electron chi connectivity index (χ1n) is 11.5. The van der Waals surface area contributed by atoms with Crippen molar-refractivity contribution in [1.29, 1.82) is 0 Å². The third-order valence-corrected chi connectivity index (χ3v) is 8.45. The van der Waals surface area contributed by atoms with Crippen molar-refractivity contribution in [2.45, 2.75) is 67.2 Å². The van der Waals surface area contributed by atoms with Gasteiger partial charge in [0, 0.05) is 0 Å². The van der Waals surface area contributed by atoms with Crippen molar-refractivity contribution in [2.24, 2.45) is 11.8 Å². The quantitative estimate of drug-likeness (QED) is 0.224. The summed E-state index contributed by atoms with van der Waals surface area (Å²) >= 11 is -0.826. The maximum atomic E-state index is 4.93. The summed E-state index contributed by atoms with van der Waals surface area (Å²) in [7, 11) is 9.89. The molecular weight excluding hydrogens is 517 g/mol. The number of benzene rings is 1. The van der Waals surface area contributed by atoms with Crippen LogP contribution in [0.4, 0.5) is 0 Å². The van der Waals surface area contributed by atoms with Crippen LogP contribution in [0.15, 0.2) is 53.6 Å². The molecule has 0 nitrogen and oxygen atoms in total. The topological polar surface area (TPSA) is 0 Å². The van der Waals surface area contributed by atoms with Crippen molar-refractivity contribution >= 4 is 41.0 Å². The first kappa shape index (κ1) is 29.2. The zero-order valence-electron chi connectivity index (χ0n) is 20.1. The van der Waals surface area contributed by atoms with Crippen LogP contribution in [0.25, 0.3) is 10.8 Å². The molecule has 170 valence electrons. The van der Waals surface area contributed by atoms with Gasteiger partial charge >= 0.3 is 37.9 Å². The molecule has 0 amide bonds. The van der Waals surface area contributed by atoms with Crippen LogP contribution >= 0.6 is 24.9 Å². The van der Waals surface area contributed by atoms with Crippen LogP contribution in [0.3, 0.4) is 0 Å². The predicted molar refractivity (Wildman–Crippen MR) is 142 cm³/mol. The summed E-state index contributed by atoms with van der Waals surface area (Å²) in [5.41, 5.74) is 2.91. The molecule has 2 aromatic carbocycles. The second-order valence-corrected chi connectivity index (χ2v) is 15.0. The first-order valence-corrected chi connectivity index (χ1v) is 19.5. The Morgan fingerprint density at radius 3 is 2.19 bits per heavy atom. The Labute approximate surface area is 211 Å². The van der Waals surface area contributed by atoms with Gasteiger partial charge in [-0.2, -0.15) is 12.1 Å². The average Bonchev–Trinajstić information content (AvgIpc) is 3.32. The molecular formula is C27H39Cl2PZr. The van der Waals surface area contributed by atoms with Crippen LogP contribution < -0.4 is 5.30 Å². The fraction of sp³-hybridized carbons (Fsp3) is 0.519. The number of hydrogen-bond acceptors (Lipinski definition) is 0. The monoisotopic (exact) mass is 554 g/mol. The SMILES string of the molecule is CC(C)CP(CC(C)C)c1cc2ccccc2[cH-]1.CCCCC1=[C-]CC=C1C.[Cl][Zr+2][Cl]. The molecule has 0 atom stereocenters. The summed E-state index contributed by atoms with van der Waals surface area (Å²) in [6.45, 7) is 13.8. The van der Waals surface area contributed by atoms with Gasteiger partial charge in [0.1, 0.15) is 0 Å². The van der Waals surface area contributed by atoms with E-state index >= 15 is 0 Å². The van der Waals surface area contributed by atoms with Crippen LogP contribution in [0.5, 0.6) is 0 Å². The Bertz CT molecular complexity index is 761. The zero-order valence-corrected chi connectivity index (χ0v) is 25.0. The maximum absolute atomic E-state index is 4.93. The number of rotatable bonds is 8.